The first-order valence-corrected chi connectivity index (χ1v) is 8.72. The van der Waals surface area contributed by atoms with Crippen molar-refractivity contribution in [2.24, 2.45) is 0 Å². The molecule has 0 spiro atoms. The number of amides is 2. The molecule has 0 atom stereocenters. The molecule has 1 saturated heterocycles. The monoisotopic (exact) mass is 363 g/mol. The Hall–Kier alpha value is -3.60. The fraction of sp³-hybridized carbons (Fsp3) is 0.263. The van der Waals surface area contributed by atoms with E-state index in [4.69, 9.17) is 5.73 Å². The number of nitrogens with two attached hydrogens (primary N) is 1. The number of hydrogen-bond donors (Lipinski definition) is 2. The van der Waals surface area contributed by atoms with E-state index in [0.717, 1.165) is 44.1 Å². The molecule has 2 aliphatic heterocycles. The highest BCUT2D eigenvalue weighted by Gasteiger charge is 2.32. The number of fused-ring (bicyclic) bond motifs is 1. The molecule has 27 heavy (non-hydrogen) atoms. The Morgan fingerprint density at radius 2 is 1.74 bits per heavy atom. The molecule has 1 aromatic carbocycles. The fourth-order valence-corrected chi connectivity index (χ4v) is 3.70. The molecule has 0 unspecified atom stereocenters. The zero-order chi connectivity index (χ0) is 19.1. The van der Waals surface area contributed by atoms with Crippen molar-refractivity contribution in [3.05, 3.63) is 51.3 Å². The lowest BCUT2D eigenvalue weighted by Crippen LogP contribution is -2.32. The lowest BCUT2D eigenvalue weighted by atomic mass is 10.1. The molecule has 8 heteroatoms. The molecule has 1 aromatic heterocycles. The fourth-order valence-electron chi connectivity index (χ4n) is 3.70. The molecular weight excluding hydrogens is 346 g/mol. The van der Waals surface area contributed by atoms with Crippen LogP contribution in [-0.4, -0.2) is 29.5 Å². The van der Waals surface area contributed by atoms with Gasteiger partial charge in [0.15, 0.2) is 0 Å². The maximum Gasteiger partial charge on any atom is 0.262 e. The Labute approximate surface area is 154 Å². The molecule has 0 saturated carbocycles. The molecule has 0 bridgehead atoms. The van der Waals surface area contributed by atoms with Gasteiger partial charge in [0.25, 0.3) is 17.4 Å². The van der Waals surface area contributed by atoms with Crippen LogP contribution in [0.2, 0.25) is 0 Å². The highest BCUT2D eigenvalue weighted by molar-refractivity contribution is 6.23. The van der Waals surface area contributed by atoms with Crippen molar-refractivity contribution in [3.63, 3.8) is 0 Å². The van der Waals surface area contributed by atoms with E-state index in [9.17, 15) is 19.6 Å². The molecule has 2 aromatic rings. The summed E-state index contributed by atoms with van der Waals surface area (Å²) in [6.07, 6.45) is 3.21. The van der Waals surface area contributed by atoms with Crippen LogP contribution in [0.25, 0.3) is 5.69 Å². The van der Waals surface area contributed by atoms with Crippen LogP contribution in [0.4, 0.5) is 11.5 Å². The zero-order valence-electron chi connectivity index (χ0n) is 14.5. The molecule has 2 amide bonds. The second kappa shape index (κ2) is 6.29. The van der Waals surface area contributed by atoms with Crippen LogP contribution in [-0.2, 0) is 0 Å². The first kappa shape index (κ1) is 16.8. The zero-order valence-corrected chi connectivity index (χ0v) is 14.5. The molecule has 0 radical (unpaired) electrons. The van der Waals surface area contributed by atoms with Crippen LogP contribution in [0.5, 0.6) is 0 Å². The number of pyridine rings is 1. The number of carbonyl (C=O) groups excluding carboxylic acids is 2. The van der Waals surface area contributed by atoms with Gasteiger partial charge in [0.05, 0.1) is 34.1 Å². The summed E-state index contributed by atoms with van der Waals surface area (Å²) in [5.74, 6) is -1.36. The Morgan fingerprint density at radius 1 is 1.00 bits per heavy atom. The van der Waals surface area contributed by atoms with Gasteiger partial charge in [0.1, 0.15) is 5.82 Å². The number of hydrogen-bond acceptors (Lipinski definition) is 6. The second-order valence-corrected chi connectivity index (χ2v) is 6.64. The van der Waals surface area contributed by atoms with Crippen LogP contribution >= 0.6 is 0 Å². The number of nitrogen functional groups attached to an aromatic ring is 1. The van der Waals surface area contributed by atoms with Gasteiger partial charge in [-0.15, -0.1) is 0 Å². The number of carbonyl (C=O) groups is 2. The minimum atomic E-state index is -0.632. The van der Waals surface area contributed by atoms with E-state index in [-0.39, 0.29) is 16.9 Å². The molecule has 0 aliphatic carbocycles. The highest BCUT2D eigenvalue weighted by Crippen LogP contribution is 2.31. The van der Waals surface area contributed by atoms with Gasteiger partial charge >= 0.3 is 0 Å². The summed E-state index contributed by atoms with van der Waals surface area (Å²) in [6, 6.07) is 8.26. The number of rotatable bonds is 2. The molecule has 136 valence electrons. The second-order valence-electron chi connectivity index (χ2n) is 6.64. The molecule has 1 fully saturated rings. The van der Waals surface area contributed by atoms with Gasteiger partial charge in [-0.3, -0.25) is 24.3 Å². The number of piperidine rings is 1. The Bertz CT molecular complexity index is 1070. The standard InChI is InChI=1S/C19H17N5O3/c20-10-11-4-5-13(23-6-2-1-3-7-23)14(8-11)24-15(25)9-12-16(17(24)21)19(27)22-18(12)26/h4-5,8-9H,1-3,6-7,21H2,(H,22,26,27). The first-order valence-electron chi connectivity index (χ1n) is 8.72. The van der Waals surface area contributed by atoms with E-state index in [1.54, 1.807) is 18.2 Å². The van der Waals surface area contributed by atoms with Gasteiger partial charge in [-0.25, -0.2) is 0 Å². The first-order chi connectivity index (χ1) is 13.0. The van der Waals surface area contributed by atoms with Crippen molar-refractivity contribution in [3.8, 4) is 11.8 Å². The lowest BCUT2D eigenvalue weighted by molar-refractivity contribution is 0.0880. The predicted octanol–water partition coefficient (Wildman–Crippen LogP) is 1.17. The van der Waals surface area contributed by atoms with Gasteiger partial charge in [0, 0.05) is 19.2 Å². The topological polar surface area (TPSA) is 121 Å². The van der Waals surface area contributed by atoms with E-state index < -0.39 is 17.4 Å². The molecule has 4 rings (SSSR count). The molecule has 2 aliphatic rings. The largest absolute Gasteiger partial charge is 0.384 e. The van der Waals surface area contributed by atoms with E-state index in [2.05, 4.69) is 16.3 Å². The third-order valence-electron chi connectivity index (χ3n) is 5.00. The maximum absolute atomic E-state index is 12.8. The summed E-state index contributed by atoms with van der Waals surface area (Å²) in [7, 11) is 0. The van der Waals surface area contributed by atoms with Crippen molar-refractivity contribution < 1.29 is 9.59 Å². The Kier molecular flexibility index (Phi) is 3.92. The van der Waals surface area contributed by atoms with Crippen molar-refractivity contribution in [1.29, 1.82) is 5.26 Å². The number of imide groups is 1. The Balaban J connectivity index is 1.98. The minimum Gasteiger partial charge on any atom is -0.384 e. The Morgan fingerprint density at radius 3 is 2.44 bits per heavy atom. The third-order valence-corrected chi connectivity index (χ3v) is 5.00. The summed E-state index contributed by atoms with van der Waals surface area (Å²) in [5, 5.41) is 11.4. The summed E-state index contributed by atoms with van der Waals surface area (Å²) >= 11 is 0. The lowest BCUT2D eigenvalue weighted by Gasteiger charge is -2.31. The van der Waals surface area contributed by atoms with Crippen molar-refractivity contribution in [2.75, 3.05) is 23.7 Å². The summed E-state index contributed by atoms with van der Waals surface area (Å²) in [4.78, 5) is 38.9. The number of benzene rings is 1. The van der Waals surface area contributed by atoms with Gasteiger partial charge in [0.2, 0.25) is 0 Å². The van der Waals surface area contributed by atoms with E-state index in [0.29, 0.717) is 11.3 Å². The predicted molar refractivity (Wildman–Crippen MR) is 99.0 cm³/mol. The minimum absolute atomic E-state index is 0.00782. The number of nitrogens with zero attached hydrogens (tertiary/aromatic N) is 3. The average molecular weight is 363 g/mol. The molecule has 3 N–H and O–H groups in total. The van der Waals surface area contributed by atoms with E-state index in [1.807, 2.05) is 0 Å². The smallest absolute Gasteiger partial charge is 0.262 e. The average Bonchev–Trinajstić information content (AvgIpc) is 2.96. The van der Waals surface area contributed by atoms with Gasteiger partial charge in [-0.1, -0.05) is 0 Å². The number of nitriles is 1. The van der Waals surface area contributed by atoms with Crippen LogP contribution in [0.15, 0.2) is 29.1 Å². The summed E-state index contributed by atoms with van der Waals surface area (Å²) in [6.45, 7) is 1.66. The van der Waals surface area contributed by atoms with Crippen molar-refractivity contribution in [2.45, 2.75) is 19.3 Å². The maximum atomic E-state index is 12.8. The van der Waals surface area contributed by atoms with Gasteiger partial charge < -0.3 is 10.6 Å². The van der Waals surface area contributed by atoms with E-state index in [1.165, 1.54) is 4.57 Å². The van der Waals surface area contributed by atoms with Crippen LogP contribution in [0, 0.1) is 11.3 Å². The SMILES string of the molecule is N#Cc1ccc(N2CCCCC2)c(-n2c(N)c3c(cc2=O)C(=O)NC3=O)c1. The number of anilines is 2. The number of aromatic nitrogens is 1. The molecular formula is C19H17N5O3. The van der Waals surface area contributed by atoms with Crippen LogP contribution < -0.4 is 21.5 Å². The van der Waals surface area contributed by atoms with Crippen LogP contribution in [0.3, 0.4) is 0 Å². The van der Waals surface area contributed by atoms with Crippen molar-refractivity contribution >= 4 is 23.3 Å². The number of nitrogens with one attached hydrogen (secondary N) is 1. The van der Waals surface area contributed by atoms with E-state index >= 15 is 0 Å². The molecule has 3 heterocycles. The van der Waals surface area contributed by atoms with Crippen LogP contribution in [0.1, 0.15) is 45.5 Å². The summed E-state index contributed by atoms with van der Waals surface area (Å²) in [5.41, 5.74) is 7.19. The third kappa shape index (κ3) is 2.64. The highest BCUT2D eigenvalue weighted by atomic mass is 16.2. The van der Waals surface area contributed by atoms with Gasteiger partial charge in [-0.2, -0.15) is 5.26 Å². The summed E-state index contributed by atoms with van der Waals surface area (Å²) < 4.78 is 1.21. The molecule has 8 nitrogen and oxygen atoms in total. The quantitative estimate of drug-likeness (QED) is 0.773. The normalized spacial score (nSPS) is 16.0. The van der Waals surface area contributed by atoms with Crippen molar-refractivity contribution in [1.82, 2.24) is 9.88 Å². The van der Waals surface area contributed by atoms with Gasteiger partial charge in [-0.05, 0) is 37.5 Å².